The van der Waals surface area contributed by atoms with E-state index in [4.69, 9.17) is 16.1 Å². The number of urea groups is 1. The van der Waals surface area contributed by atoms with Crippen molar-refractivity contribution in [3.8, 4) is 11.3 Å². The molecular formula is C24H24ClF4N5O4. The first-order chi connectivity index (χ1) is 18.1. The maximum absolute atomic E-state index is 13.7. The van der Waals surface area contributed by atoms with Crippen molar-refractivity contribution in [1.29, 1.82) is 0 Å². The number of carbonyl (C=O) groups is 2. The Morgan fingerprint density at radius 1 is 1.13 bits per heavy atom. The predicted molar refractivity (Wildman–Crippen MR) is 131 cm³/mol. The van der Waals surface area contributed by atoms with E-state index in [9.17, 15) is 32.3 Å². The molecule has 1 aromatic heterocycles. The van der Waals surface area contributed by atoms with Crippen molar-refractivity contribution < 1.29 is 36.8 Å². The number of aromatic nitrogens is 1. The van der Waals surface area contributed by atoms with Crippen molar-refractivity contribution in [3.63, 3.8) is 0 Å². The van der Waals surface area contributed by atoms with E-state index in [0.29, 0.717) is 11.1 Å². The minimum absolute atomic E-state index is 0.140. The van der Waals surface area contributed by atoms with E-state index in [2.05, 4.69) is 15.8 Å². The van der Waals surface area contributed by atoms with Gasteiger partial charge in [-0.3, -0.25) is 0 Å². The second-order valence-corrected chi connectivity index (χ2v) is 8.52. The molecule has 0 fully saturated rings. The number of nitrogens with one attached hydrogen (secondary N) is 2. The predicted octanol–water partition coefficient (Wildman–Crippen LogP) is 4.82. The first-order valence-corrected chi connectivity index (χ1v) is 11.6. The van der Waals surface area contributed by atoms with Crippen LogP contribution in [0.1, 0.15) is 5.56 Å². The Labute approximate surface area is 219 Å². The molecule has 2 aromatic carbocycles. The van der Waals surface area contributed by atoms with Crippen LogP contribution in [0.3, 0.4) is 0 Å². The molecule has 0 aliphatic heterocycles. The van der Waals surface area contributed by atoms with E-state index in [0.717, 1.165) is 15.9 Å². The number of carbonyl (C=O) groups excluding carboxylic acids is 1. The fourth-order valence-corrected chi connectivity index (χ4v) is 3.67. The lowest BCUT2D eigenvalue weighted by Crippen LogP contribution is -2.53. The van der Waals surface area contributed by atoms with Gasteiger partial charge in [0.25, 0.3) is 6.43 Å². The number of likely N-dealkylation sites (N-methyl/N-ethyl adjacent to an activating group) is 1. The molecule has 0 aliphatic rings. The van der Waals surface area contributed by atoms with Crippen LogP contribution in [0.4, 0.5) is 33.0 Å². The largest absolute Gasteiger partial charge is 0.465 e. The standard InChI is InChI=1S/C24H24ClF4N5O4/c1-33(23(35)31-10-15-5-3-7-18(27)22(15)25)17(11-30-12-20(28)29)13-34(24(36)37)21-9-19(32-38-21)14-4-2-6-16(26)8-14/h2-9,17,20,30H,10-13H2,1H3,(H,31,35)(H,36,37). The molecule has 14 heteroatoms. The molecule has 0 radical (unpaired) electrons. The first-order valence-electron chi connectivity index (χ1n) is 11.2. The van der Waals surface area contributed by atoms with Crippen molar-refractivity contribution in [2.75, 3.05) is 31.6 Å². The Hall–Kier alpha value is -3.84. The van der Waals surface area contributed by atoms with Crippen molar-refractivity contribution in [2.24, 2.45) is 0 Å². The summed E-state index contributed by atoms with van der Waals surface area (Å²) < 4.78 is 57.9. The summed E-state index contributed by atoms with van der Waals surface area (Å²) in [6, 6.07) is 9.13. The van der Waals surface area contributed by atoms with Gasteiger partial charge in [-0.2, -0.15) is 0 Å². The Kier molecular flexibility index (Phi) is 9.91. The SMILES string of the molecule is CN(C(=O)NCc1cccc(F)c1Cl)C(CNCC(F)F)CN(C(=O)O)c1cc(-c2cccc(F)c2)no1. The van der Waals surface area contributed by atoms with Gasteiger partial charge in [0.1, 0.15) is 17.3 Å². The second kappa shape index (κ2) is 13.1. The zero-order chi connectivity index (χ0) is 27.8. The number of nitrogens with zero attached hydrogens (tertiary/aromatic N) is 3. The van der Waals surface area contributed by atoms with E-state index < -0.39 is 49.3 Å². The average Bonchev–Trinajstić information content (AvgIpc) is 3.36. The lowest BCUT2D eigenvalue weighted by atomic mass is 10.1. The Morgan fingerprint density at radius 3 is 2.55 bits per heavy atom. The molecule has 204 valence electrons. The van der Waals surface area contributed by atoms with Crippen LogP contribution < -0.4 is 15.5 Å². The van der Waals surface area contributed by atoms with E-state index in [-0.39, 0.29) is 29.7 Å². The summed E-state index contributed by atoms with van der Waals surface area (Å²) >= 11 is 5.91. The number of hydrogen-bond acceptors (Lipinski definition) is 5. The van der Waals surface area contributed by atoms with Crippen LogP contribution in [0, 0.1) is 11.6 Å². The van der Waals surface area contributed by atoms with Gasteiger partial charge in [0, 0.05) is 31.8 Å². The van der Waals surface area contributed by atoms with Crippen LogP contribution in [0.2, 0.25) is 5.02 Å². The fraction of sp³-hybridized carbons (Fsp3) is 0.292. The maximum atomic E-state index is 13.7. The number of rotatable bonds is 11. The molecule has 0 spiro atoms. The zero-order valence-electron chi connectivity index (χ0n) is 20.0. The number of benzene rings is 2. The molecule has 3 aromatic rings. The molecular weight excluding hydrogens is 534 g/mol. The Balaban J connectivity index is 1.77. The van der Waals surface area contributed by atoms with Gasteiger partial charge in [-0.25, -0.2) is 32.1 Å². The van der Waals surface area contributed by atoms with E-state index >= 15 is 0 Å². The van der Waals surface area contributed by atoms with Gasteiger partial charge in [0.15, 0.2) is 0 Å². The highest BCUT2D eigenvalue weighted by Crippen LogP contribution is 2.25. The topological polar surface area (TPSA) is 111 Å². The zero-order valence-corrected chi connectivity index (χ0v) is 20.8. The number of hydrogen-bond donors (Lipinski definition) is 3. The van der Waals surface area contributed by atoms with Crippen LogP contribution in [0.5, 0.6) is 0 Å². The highest BCUT2D eigenvalue weighted by molar-refractivity contribution is 6.31. The molecule has 1 atom stereocenters. The van der Waals surface area contributed by atoms with Crippen molar-refractivity contribution in [2.45, 2.75) is 19.0 Å². The fourth-order valence-electron chi connectivity index (χ4n) is 3.48. The summed E-state index contributed by atoms with van der Waals surface area (Å²) in [5, 5.41) is 18.5. The Bertz CT molecular complexity index is 1260. The number of alkyl halides is 2. The molecule has 1 unspecified atom stereocenters. The molecule has 0 aliphatic carbocycles. The third-order valence-corrected chi connectivity index (χ3v) is 5.94. The summed E-state index contributed by atoms with van der Waals surface area (Å²) in [5.41, 5.74) is 0.809. The summed E-state index contributed by atoms with van der Waals surface area (Å²) in [7, 11) is 1.34. The quantitative estimate of drug-likeness (QED) is 0.292. The number of halogens is 5. The van der Waals surface area contributed by atoms with Gasteiger partial charge in [-0.15, -0.1) is 0 Å². The van der Waals surface area contributed by atoms with E-state index in [1.54, 1.807) is 6.07 Å². The normalized spacial score (nSPS) is 11.9. The van der Waals surface area contributed by atoms with Gasteiger partial charge >= 0.3 is 12.1 Å². The second-order valence-electron chi connectivity index (χ2n) is 8.14. The van der Waals surface area contributed by atoms with Gasteiger partial charge < -0.3 is 25.2 Å². The molecule has 0 bridgehead atoms. The lowest BCUT2D eigenvalue weighted by molar-refractivity contribution is 0.140. The minimum atomic E-state index is -2.68. The molecule has 9 nitrogen and oxygen atoms in total. The molecule has 0 saturated heterocycles. The maximum Gasteiger partial charge on any atom is 0.414 e. The summed E-state index contributed by atoms with van der Waals surface area (Å²) in [4.78, 5) is 26.7. The number of amides is 3. The summed E-state index contributed by atoms with van der Waals surface area (Å²) in [6.45, 7) is -1.43. The van der Waals surface area contributed by atoms with Crippen LogP contribution in [0.15, 0.2) is 53.1 Å². The highest BCUT2D eigenvalue weighted by atomic mass is 35.5. The minimum Gasteiger partial charge on any atom is -0.465 e. The molecule has 3 rings (SSSR count). The molecule has 3 amide bonds. The van der Waals surface area contributed by atoms with Crippen molar-refractivity contribution in [3.05, 3.63) is 70.8 Å². The van der Waals surface area contributed by atoms with Crippen molar-refractivity contribution in [1.82, 2.24) is 20.7 Å². The third kappa shape index (κ3) is 7.59. The lowest BCUT2D eigenvalue weighted by Gasteiger charge is -2.31. The molecule has 1 heterocycles. The van der Waals surface area contributed by atoms with E-state index in [1.165, 1.54) is 43.4 Å². The van der Waals surface area contributed by atoms with Crippen LogP contribution in [0.25, 0.3) is 11.3 Å². The monoisotopic (exact) mass is 557 g/mol. The third-order valence-electron chi connectivity index (χ3n) is 5.52. The van der Waals surface area contributed by atoms with Gasteiger partial charge in [0.2, 0.25) is 5.88 Å². The summed E-state index contributed by atoms with van der Waals surface area (Å²) in [6.07, 6.45) is -4.14. The van der Waals surface area contributed by atoms with Gasteiger partial charge in [-0.05, 0) is 23.8 Å². The van der Waals surface area contributed by atoms with Crippen LogP contribution in [-0.2, 0) is 6.54 Å². The van der Waals surface area contributed by atoms with Crippen molar-refractivity contribution >= 4 is 29.6 Å². The molecule has 3 N–H and O–H groups in total. The van der Waals surface area contributed by atoms with Crippen LogP contribution >= 0.6 is 11.6 Å². The highest BCUT2D eigenvalue weighted by Gasteiger charge is 2.28. The van der Waals surface area contributed by atoms with Crippen LogP contribution in [-0.4, -0.2) is 66.4 Å². The summed E-state index contributed by atoms with van der Waals surface area (Å²) in [5.74, 6) is -1.42. The number of carboxylic acid groups (broad SMARTS) is 1. The number of anilines is 1. The van der Waals surface area contributed by atoms with Gasteiger partial charge in [0.05, 0.1) is 24.2 Å². The molecule has 0 saturated carbocycles. The van der Waals surface area contributed by atoms with Gasteiger partial charge in [-0.1, -0.05) is 41.0 Å². The first kappa shape index (κ1) is 28.7. The smallest absolute Gasteiger partial charge is 0.414 e. The average molecular weight is 558 g/mol. The van der Waals surface area contributed by atoms with E-state index in [1.807, 2.05) is 0 Å². The molecule has 38 heavy (non-hydrogen) atoms. The Morgan fingerprint density at radius 2 is 1.87 bits per heavy atom.